The maximum absolute atomic E-state index is 12.1. The van der Waals surface area contributed by atoms with Gasteiger partial charge in [-0.15, -0.1) is 0 Å². The standard InChI is InChI=1S/C16H19ClN2O3S2/c1-10(2)6-15(20)18-16-19(12-5-3-4-11(17)7-12)13-8-24(21,22)9-14(13)23-16/h3-5,7,10,13-14H,6,8-9H2,1-2H3. The molecule has 1 aromatic carbocycles. The van der Waals surface area contributed by atoms with Crippen LogP contribution < -0.4 is 4.90 Å². The van der Waals surface area contributed by atoms with Gasteiger partial charge >= 0.3 is 0 Å². The Kier molecular flexibility index (Phi) is 4.95. The smallest absolute Gasteiger partial charge is 0.248 e. The molecule has 3 rings (SSSR count). The Morgan fingerprint density at radius 3 is 2.83 bits per heavy atom. The molecule has 0 spiro atoms. The molecule has 24 heavy (non-hydrogen) atoms. The fourth-order valence-electron chi connectivity index (χ4n) is 2.99. The maximum atomic E-state index is 12.1. The first-order valence-electron chi connectivity index (χ1n) is 7.78. The van der Waals surface area contributed by atoms with Crippen molar-refractivity contribution in [2.75, 3.05) is 16.4 Å². The molecule has 2 fully saturated rings. The van der Waals surface area contributed by atoms with Crippen LogP contribution in [0.5, 0.6) is 0 Å². The second-order valence-electron chi connectivity index (χ2n) is 6.54. The highest BCUT2D eigenvalue weighted by Crippen LogP contribution is 2.41. The SMILES string of the molecule is CC(C)CC(=O)N=C1SC2CS(=O)(=O)CC2N1c1cccc(Cl)c1. The molecule has 5 nitrogen and oxygen atoms in total. The highest BCUT2D eigenvalue weighted by molar-refractivity contribution is 8.16. The number of hydrogen-bond acceptors (Lipinski definition) is 4. The fourth-order valence-corrected chi connectivity index (χ4v) is 7.11. The summed E-state index contributed by atoms with van der Waals surface area (Å²) in [4.78, 5) is 18.3. The maximum Gasteiger partial charge on any atom is 0.248 e. The largest absolute Gasteiger partial charge is 0.316 e. The van der Waals surface area contributed by atoms with Crippen LogP contribution in [0.3, 0.4) is 0 Å². The van der Waals surface area contributed by atoms with E-state index < -0.39 is 9.84 Å². The molecule has 130 valence electrons. The van der Waals surface area contributed by atoms with E-state index in [0.29, 0.717) is 16.6 Å². The normalized spacial score (nSPS) is 27.0. The van der Waals surface area contributed by atoms with Crippen molar-refractivity contribution in [3.8, 4) is 0 Å². The summed E-state index contributed by atoms with van der Waals surface area (Å²) in [5, 5.41) is 1.04. The Morgan fingerprint density at radius 1 is 1.42 bits per heavy atom. The summed E-state index contributed by atoms with van der Waals surface area (Å²) < 4.78 is 24.0. The minimum atomic E-state index is -3.06. The Morgan fingerprint density at radius 2 is 2.17 bits per heavy atom. The lowest BCUT2D eigenvalue weighted by atomic mass is 10.1. The van der Waals surface area contributed by atoms with E-state index in [0.717, 1.165) is 5.69 Å². The number of hydrogen-bond donors (Lipinski definition) is 0. The van der Waals surface area contributed by atoms with Gasteiger partial charge in [0.25, 0.3) is 0 Å². The minimum Gasteiger partial charge on any atom is -0.316 e. The van der Waals surface area contributed by atoms with Crippen molar-refractivity contribution in [1.29, 1.82) is 0 Å². The first-order valence-corrected chi connectivity index (χ1v) is 10.9. The van der Waals surface area contributed by atoms with E-state index in [-0.39, 0.29) is 34.6 Å². The van der Waals surface area contributed by atoms with Crippen molar-refractivity contribution < 1.29 is 13.2 Å². The molecule has 1 aromatic rings. The zero-order chi connectivity index (χ0) is 17.5. The lowest BCUT2D eigenvalue weighted by molar-refractivity contribution is -0.118. The van der Waals surface area contributed by atoms with Gasteiger partial charge in [-0.05, 0) is 24.1 Å². The van der Waals surface area contributed by atoms with Crippen LogP contribution in [0.15, 0.2) is 29.3 Å². The third kappa shape index (κ3) is 3.78. The quantitative estimate of drug-likeness (QED) is 0.798. The first-order chi connectivity index (χ1) is 11.2. The third-order valence-corrected chi connectivity index (χ3v) is 7.40. The van der Waals surface area contributed by atoms with Gasteiger partial charge in [-0.1, -0.05) is 43.3 Å². The number of fused-ring (bicyclic) bond motifs is 1. The topological polar surface area (TPSA) is 66.8 Å². The van der Waals surface area contributed by atoms with Gasteiger partial charge < -0.3 is 4.90 Å². The van der Waals surface area contributed by atoms with E-state index in [9.17, 15) is 13.2 Å². The molecular formula is C16H19ClN2O3S2. The molecule has 2 unspecified atom stereocenters. The summed E-state index contributed by atoms with van der Waals surface area (Å²) in [6.45, 7) is 3.94. The number of anilines is 1. The van der Waals surface area contributed by atoms with Crippen LogP contribution in [-0.4, -0.2) is 42.3 Å². The number of amides is 1. The van der Waals surface area contributed by atoms with Crippen LogP contribution in [0.25, 0.3) is 0 Å². The van der Waals surface area contributed by atoms with Gasteiger partial charge in [-0.25, -0.2) is 8.42 Å². The summed E-state index contributed by atoms with van der Waals surface area (Å²) in [5.41, 5.74) is 0.774. The zero-order valence-electron chi connectivity index (χ0n) is 13.5. The van der Waals surface area contributed by atoms with E-state index in [1.165, 1.54) is 11.8 Å². The van der Waals surface area contributed by atoms with Crippen LogP contribution in [0.4, 0.5) is 5.69 Å². The number of nitrogens with zero attached hydrogens (tertiary/aromatic N) is 2. The Labute approximate surface area is 151 Å². The first kappa shape index (κ1) is 17.8. The van der Waals surface area contributed by atoms with Crippen molar-refractivity contribution in [1.82, 2.24) is 0 Å². The summed E-state index contributed by atoms with van der Waals surface area (Å²) in [7, 11) is -3.06. The number of carbonyl (C=O) groups excluding carboxylic acids is 1. The fraction of sp³-hybridized carbons (Fsp3) is 0.500. The molecular weight excluding hydrogens is 368 g/mol. The van der Waals surface area contributed by atoms with E-state index in [4.69, 9.17) is 11.6 Å². The molecule has 0 aliphatic carbocycles. The molecule has 0 bridgehead atoms. The van der Waals surface area contributed by atoms with Crippen molar-refractivity contribution in [3.63, 3.8) is 0 Å². The van der Waals surface area contributed by atoms with Crippen molar-refractivity contribution in [3.05, 3.63) is 29.3 Å². The van der Waals surface area contributed by atoms with E-state index in [2.05, 4.69) is 4.99 Å². The number of rotatable bonds is 3. The minimum absolute atomic E-state index is 0.0779. The van der Waals surface area contributed by atoms with Gasteiger partial charge in [0, 0.05) is 22.4 Å². The molecule has 0 radical (unpaired) electrons. The van der Waals surface area contributed by atoms with E-state index in [1.807, 2.05) is 30.9 Å². The number of thioether (sulfide) groups is 1. The molecule has 8 heteroatoms. The average molecular weight is 387 g/mol. The molecule has 2 aliphatic heterocycles. The predicted octanol–water partition coefficient (Wildman–Crippen LogP) is 2.99. The molecule has 0 saturated carbocycles. The number of carbonyl (C=O) groups is 1. The van der Waals surface area contributed by atoms with E-state index >= 15 is 0 Å². The molecule has 2 aliphatic rings. The number of halogens is 1. The average Bonchev–Trinajstić information content (AvgIpc) is 2.88. The number of benzene rings is 1. The lowest BCUT2D eigenvalue weighted by Crippen LogP contribution is -2.37. The van der Waals surface area contributed by atoms with Gasteiger partial charge in [0.05, 0.1) is 17.5 Å². The summed E-state index contributed by atoms with van der Waals surface area (Å²) >= 11 is 7.47. The van der Waals surface area contributed by atoms with Crippen LogP contribution >= 0.6 is 23.4 Å². The van der Waals surface area contributed by atoms with Crippen LogP contribution in [-0.2, 0) is 14.6 Å². The monoisotopic (exact) mass is 386 g/mol. The van der Waals surface area contributed by atoms with Gasteiger partial charge in [0.2, 0.25) is 5.91 Å². The molecule has 2 heterocycles. The molecule has 2 atom stereocenters. The Hall–Kier alpha value is -1.05. The number of amidine groups is 1. The second kappa shape index (κ2) is 6.69. The van der Waals surface area contributed by atoms with Crippen molar-refractivity contribution in [2.24, 2.45) is 10.9 Å². The van der Waals surface area contributed by atoms with Crippen LogP contribution in [0.2, 0.25) is 5.02 Å². The highest BCUT2D eigenvalue weighted by Gasteiger charge is 2.49. The summed E-state index contributed by atoms with van der Waals surface area (Å²) in [6, 6.07) is 7.01. The molecule has 2 saturated heterocycles. The Bertz CT molecular complexity index is 792. The van der Waals surface area contributed by atoms with Crippen LogP contribution in [0.1, 0.15) is 20.3 Å². The third-order valence-electron chi connectivity index (χ3n) is 3.96. The Balaban J connectivity index is 1.97. The summed E-state index contributed by atoms with van der Waals surface area (Å²) in [6.07, 6.45) is 0.376. The van der Waals surface area contributed by atoms with Crippen molar-refractivity contribution >= 4 is 50.0 Å². The predicted molar refractivity (Wildman–Crippen MR) is 99.6 cm³/mol. The van der Waals surface area contributed by atoms with E-state index in [1.54, 1.807) is 12.1 Å². The van der Waals surface area contributed by atoms with Gasteiger partial charge in [-0.3, -0.25) is 4.79 Å². The second-order valence-corrected chi connectivity index (χ2v) is 10.3. The van der Waals surface area contributed by atoms with Crippen LogP contribution in [0, 0.1) is 5.92 Å². The lowest BCUT2D eigenvalue weighted by Gasteiger charge is -2.24. The molecule has 0 aromatic heterocycles. The molecule has 1 amide bonds. The summed E-state index contributed by atoms with van der Waals surface area (Å²) in [5.74, 6) is 0.251. The van der Waals surface area contributed by atoms with Gasteiger partial charge in [0.1, 0.15) is 0 Å². The highest BCUT2D eigenvalue weighted by atomic mass is 35.5. The number of sulfone groups is 1. The van der Waals surface area contributed by atoms with Gasteiger partial charge in [-0.2, -0.15) is 4.99 Å². The van der Waals surface area contributed by atoms with Gasteiger partial charge in [0.15, 0.2) is 15.0 Å². The zero-order valence-corrected chi connectivity index (χ0v) is 15.9. The molecule has 0 N–H and O–H groups in total. The van der Waals surface area contributed by atoms with Crippen molar-refractivity contribution in [2.45, 2.75) is 31.6 Å². The number of aliphatic imine (C=N–C) groups is 1.